The van der Waals surface area contributed by atoms with E-state index in [1.54, 1.807) is 27.4 Å². The Hall–Kier alpha value is -1.49. The molecule has 3 heterocycles. The summed E-state index contributed by atoms with van der Waals surface area (Å²) in [6, 6.07) is 4.27. The quantitative estimate of drug-likeness (QED) is 0.687. The fourth-order valence-electron chi connectivity index (χ4n) is 4.75. The van der Waals surface area contributed by atoms with Crippen molar-refractivity contribution >= 4 is 31.6 Å². The number of anilines is 1. The van der Waals surface area contributed by atoms with Gasteiger partial charge in [0.25, 0.3) is 0 Å². The van der Waals surface area contributed by atoms with Crippen LogP contribution >= 0.6 is 0 Å². The van der Waals surface area contributed by atoms with Gasteiger partial charge in [0.15, 0.2) is 0 Å². The summed E-state index contributed by atoms with van der Waals surface area (Å²) in [5.41, 5.74) is 1.51. The topological polar surface area (TPSA) is 95.1 Å². The number of hydrogen-bond acceptors (Lipinski definition) is 5. The highest BCUT2D eigenvalue weighted by Crippen LogP contribution is 2.34. The first kappa shape index (κ1) is 21.7. The Kier molecular flexibility index (Phi) is 5.95. The van der Waals surface area contributed by atoms with Crippen LogP contribution in [0.4, 0.5) is 5.69 Å². The van der Waals surface area contributed by atoms with Crippen LogP contribution in [-0.2, 0) is 31.3 Å². The van der Waals surface area contributed by atoms with E-state index in [4.69, 9.17) is 0 Å². The average molecular weight is 456 g/mol. The van der Waals surface area contributed by atoms with Gasteiger partial charge < -0.3 is 4.90 Å². The van der Waals surface area contributed by atoms with Crippen LogP contribution in [0, 0.1) is 0 Å². The summed E-state index contributed by atoms with van der Waals surface area (Å²) in [5, 5.41) is 0. The van der Waals surface area contributed by atoms with E-state index in [9.17, 15) is 21.6 Å². The average Bonchev–Trinajstić information content (AvgIpc) is 3.16. The van der Waals surface area contributed by atoms with Crippen LogP contribution in [0.25, 0.3) is 0 Å². The Balaban J connectivity index is 1.58. The third kappa shape index (κ3) is 4.02. The Morgan fingerprint density at radius 2 is 1.63 bits per heavy atom. The minimum absolute atomic E-state index is 0.217. The van der Waals surface area contributed by atoms with Crippen molar-refractivity contribution in [1.29, 1.82) is 0 Å². The molecule has 8 nitrogen and oxygen atoms in total. The second kappa shape index (κ2) is 8.22. The summed E-state index contributed by atoms with van der Waals surface area (Å²) >= 11 is 0. The Morgan fingerprint density at radius 1 is 0.933 bits per heavy atom. The largest absolute Gasteiger partial charge is 0.310 e. The number of carbonyl (C=O) groups is 1. The maximum Gasteiger partial charge on any atom is 0.245 e. The highest BCUT2D eigenvalue weighted by Gasteiger charge is 2.39. The van der Waals surface area contributed by atoms with Crippen LogP contribution in [0.2, 0.25) is 0 Å². The second-order valence-electron chi connectivity index (χ2n) is 8.38. The van der Waals surface area contributed by atoms with Gasteiger partial charge in [-0.05, 0) is 55.9 Å². The minimum atomic E-state index is -3.53. The molecule has 0 saturated carbocycles. The molecular weight excluding hydrogens is 426 g/mol. The van der Waals surface area contributed by atoms with E-state index in [1.807, 2.05) is 0 Å². The molecule has 0 N–H and O–H groups in total. The maximum atomic E-state index is 13.2. The molecule has 4 rings (SSSR count). The zero-order valence-corrected chi connectivity index (χ0v) is 18.9. The zero-order valence-electron chi connectivity index (χ0n) is 17.3. The van der Waals surface area contributed by atoms with E-state index in [-0.39, 0.29) is 10.8 Å². The third-order valence-electron chi connectivity index (χ3n) is 6.33. The summed E-state index contributed by atoms with van der Waals surface area (Å²) in [4.78, 5) is 15.1. The van der Waals surface area contributed by atoms with E-state index in [0.717, 1.165) is 43.9 Å². The Labute approximate surface area is 178 Å². The monoisotopic (exact) mass is 455 g/mol. The molecule has 0 bridgehead atoms. The number of rotatable bonds is 4. The van der Waals surface area contributed by atoms with Gasteiger partial charge in [0.05, 0.1) is 11.2 Å². The van der Waals surface area contributed by atoms with Crippen molar-refractivity contribution in [3.05, 3.63) is 23.8 Å². The lowest BCUT2D eigenvalue weighted by Gasteiger charge is -2.35. The maximum absolute atomic E-state index is 13.2. The van der Waals surface area contributed by atoms with Crippen LogP contribution in [0.5, 0.6) is 0 Å². The van der Waals surface area contributed by atoms with Crippen LogP contribution < -0.4 is 4.90 Å². The second-order valence-corrected chi connectivity index (χ2v) is 12.3. The molecular formula is C20H29N3O5S2. The Morgan fingerprint density at radius 3 is 2.33 bits per heavy atom. The third-order valence-corrected chi connectivity index (χ3v) is 9.51. The molecule has 2 fully saturated rings. The summed E-state index contributed by atoms with van der Waals surface area (Å²) < 4.78 is 53.1. The molecule has 0 aromatic heterocycles. The lowest BCUT2D eigenvalue weighted by atomic mass is 10.0. The fraction of sp³-hybridized carbons (Fsp3) is 0.650. The molecule has 1 aromatic rings. The standard InChI is InChI=1S/C20H29N3O5S2/c1-29(25,26)23-13-6-3-7-19(23)20(24)22-14-10-16-15-17(8-9-18(16)22)30(27,28)21-11-4-2-5-12-21/h8-9,15,19H,2-7,10-14H2,1H3. The number of amides is 1. The predicted octanol–water partition coefficient (Wildman–Crippen LogP) is 1.56. The van der Waals surface area contributed by atoms with Gasteiger partial charge in [-0.2, -0.15) is 8.61 Å². The van der Waals surface area contributed by atoms with Crippen molar-refractivity contribution in [2.75, 3.05) is 37.3 Å². The lowest BCUT2D eigenvalue weighted by Crippen LogP contribution is -2.52. The number of fused-ring (bicyclic) bond motifs is 1. The minimum Gasteiger partial charge on any atom is -0.310 e. The van der Waals surface area contributed by atoms with Crippen molar-refractivity contribution in [2.45, 2.75) is 55.9 Å². The van der Waals surface area contributed by atoms with Crippen molar-refractivity contribution in [2.24, 2.45) is 0 Å². The molecule has 2 saturated heterocycles. The van der Waals surface area contributed by atoms with Gasteiger partial charge in [-0.3, -0.25) is 4.79 Å². The number of sulfonamides is 2. The molecule has 3 aliphatic rings. The van der Waals surface area contributed by atoms with Crippen molar-refractivity contribution in [3.63, 3.8) is 0 Å². The Bertz CT molecular complexity index is 1030. The van der Waals surface area contributed by atoms with Gasteiger partial charge in [0.2, 0.25) is 26.0 Å². The van der Waals surface area contributed by atoms with E-state index < -0.39 is 26.1 Å². The number of carbonyl (C=O) groups excluding carboxylic acids is 1. The molecule has 0 spiro atoms. The van der Waals surface area contributed by atoms with Crippen molar-refractivity contribution < 1.29 is 21.6 Å². The SMILES string of the molecule is CS(=O)(=O)N1CCCCC1C(=O)N1CCc2cc(S(=O)(=O)N3CCCCC3)ccc21. The first-order valence-corrected chi connectivity index (χ1v) is 13.9. The zero-order chi connectivity index (χ0) is 21.5. The lowest BCUT2D eigenvalue weighted by molar-refractivity contribution is -0.123. The van der Waals surface area contributed by atoms with E-state index >= 15 is 0 Å². The van der Waals surface area contributed by atoms with Crippen LogP contribution in [0.3, 0.4) is 0 Å². The summed E-state index contributed by atoms with van der Waals surface area (Å²) in [6.45, 7) is 1.90. The van der Waals surface area contributed by atoms with Gasteiger partial charge in [-0.25, -0.2) is 16.8 Å². The molecule has 1 aromatic carbocycles. The predicted molar refractivity (Wildman–Crippen MR) is 114 cm³/mol. The first-order chi connectivity index (χ1) is 14.2. The molecule has 3 aliphatic heterocycles. The summed E-state index contributed by atoms with van der Waals surface area (Å²) in [6.07, 6.45) is 6.61. The molecule has 10 heteroatoms. The number of nitrogens with zero attached hydrogens (tertiary/aromatic N) is 3. The molecule has 1 unspecified atom stereocenters. The summed E-state index contributed by atoms with van der Waals surface area (Å²) in [7, 11) is -6.99. The highest BCUT2D eigenvalue weighted by atomic mass is 32.2. The number of hydrogen-bond donors (Lipinski definition) is 0. The van der Waals surface area contributed by atoms with E-state index in [0.29, 0.717) is 44.7 Å². The van der Waals surface area contributed by atoms with E-state index in [2.05, 4.69) is 0 Å². The van der Waals surface area contributed by atoms with E-state index in [1.165, 1.54) is 4.31 Å². The van der Waals surface area contributed by atoms with Gasteiger partial charge in [-0.15, -0.1) is 0 Å². The number of benzene rings is 1. The molecule has 30 heavy (non-hydrogen) atoms. The van der Waals surface area contributed by atoms with Gasteiger partial charge in [-0.1, -0.05) is 12.8 Å². The van der Waals surface area contributed by atoms with Crippen LogP contribution in [-0.4, -0.2) is 69.8 Å². The van der Waals surface area contributed by atoms with Gasteiger partial charge in [0.1, 0.15) is 6.04 Å². The normalized spacial score (nSPS) is 24.0. The molecule has 166 valence electrons. The van der Waals surface area contributed by atoms with Gasteiger partial charge >= 0.3 is 0 Å². The smallest absolute Gasteiger partial charge is 0.245 e. The van der Waals surface area contributed by atoms with Crippen molar-refractivity contribution in [3.8, 4) is 0 Å². The number of piperidine rings is 2. The first-order valence-electron chi connectivity index (χ1n) is 10.6. The van der Waals surface area contributed by atoms with Crippen molar-refractivity contribution in [1.82, 2.24) is 8.61 Å². The molecule has 1 amide bonds. The fourth-order valence-corrected chi connectivity index (χ4v) is 7.44. The molecule has 0 radical (unpaired) electrons. The van der Waals surface area contributed by atoms with Gasteiger partial charge in [0, 0.05) is 31.9 Å². The van der Waals surface area contributed by atoms with Crippen LogP contribution in [0.1, 0.15) is 44.1 Å². The van der Waals surface area contributed by atoms with Crippen LogP contribution in [0.15, 0.2) is 23.1 Å². The molecule has 0 aliphatic carbocycles. The summed E-state index contributed by atoms with van der Waals surface area (Å²) in [5.74, 6) is -0.217. The highest BCUT2D eigenvalue weighted by molar-refractivity contribution is 7.89. The molecule has 1 atom stereocenters.